The largest absolute Gasteiger partial charge is 0.469 e. The summed E-state index contributed by atoms with van der Waals surface area (Å²) < 4.78 is 10.1. The predicted octanol–water partition coefficient (Wildman–Crippen LogP) is 2.28. The molecule has 1 fully saturated rings. The summed E-state index contributed by atoms with van der Waals surface area (Å²) in [6.07, 6.45) is 4.48. The molecule has 3 unspecified atom stereocenters. The number of alkyl carbamates (subject to hydrolysis) is 1. The molecule has 1 saturated carbocycles. The summed E-state index contributed by atoms with van der Waals surface area (Å²) in [7, 11) is 1.38. The highest BCUT2D eigenvalue weighted by Gasteiger charge is 2.49. The van der Waals surface area contributed by atoms with Crippen LogP contribution in [0, 0.1) is 17.8 Å². The second-order valence-corrected chi connectivity index (χ2v) is 5.73. The molecule has 2 aliphatic carbocycles. The number of hydrogen-bond acceptors (Lipinski definition) is 4. The second-order valence-electron chi connectivity index (χ2n) is 5.73. The lowest BCUT2D eigenvalue weighted by atomic mass is 9.89. The normalized spacial score (nSPS) is 28.4. The van der Waals surface area contributed by atoms with Gasteiger partial charge in [-0.25, -0.2) is 4.79 Å². The van der Waals surface area contributed by atoms with E-state index in [9.17, 15) is 9.59 Å². The van der Waals surface area contributed by atoms with Crippen molar-refractivity contribution in [1.82, 2.24) is 5.32 Å². The van der Waals surface area contributed by atoms with Crippen molar-refractivity contribution in [3.05, 3.63) is 48.0 Å². The first kappa shape index (κ1) is 14.6. The lowest BCUT2D eigenvalue weighted by Crippen LogP contribution is -2.46. The third-order valence-electron chi connectivity index (χ3n) is 4.43. The van der Waals surface area contributed by atoms with Crippen LogP contribution in [-0.2, 0) is 20.9 Å². The lowest BCUT2D eigenvalue weighted by Gasteiger charge is -2.26. The number of hydrogen-bond donors (Lipinski definition) is 1. The Kier molecular flexibility index (Phi) is 4.13. The Labute approximate surface area is 129 Å². The molecule has 4 atom stereocenters. The number of ether oxygens (including phenoxy) is 2. The van der Waals surface area contributed by atoms with Crippen LogP contribution in [0.5, 0.6) is 0 Å². The molecule has 0 aliphatic heterocycles. The standard InChI is InChI=1S/C17H19NO4/c1-21-16(19)14-12-7-8-13(9-12)15(14)18-17(20)22-10-11-5-3-2-4-6-11/h2-8,12-15H,9-10H2,1H3,(H,18,20)/t12-,13?,14?,15?/m0/s1. The van der Waals surface area contributed by atoms with Crippen molar-refractivity contribution in [3.63, 3.8) is 0 Å². The number of methoxy groups -OCH3 is 1. The predicted molar refractivity (Wildman–Crippen MR) is 79.8 cm³/mol. The molecule has 0 aromatic heterocycles. The summed E-state index contributed by atoms with van der Waals surface area (Å²) in [4.78, 5) is 23.9. The Morgan fingerprint density at radius 2 is 1.91 bits per heavy atom. The average Bonchev–Trinajstić information content (AvgIpc) is 3.14. The maximum Gasteiger partial charge on any atom is 0.407 e. The van der Waals surface area contributed by atoms with E-state index in [1.165, 1.54) is 7.11 Å². The fraction of sp³-hybridized carbons (Fsp3) is 0.412. The molecule has 5 heteroatoms. The zero-order valence-corrected chi connectivity index (χ0v) is 12.4. The van der Waals surface area contributed by atoms with E-state index in [2.05, 4.69) is 11.4 Å². The van der Waals surface area contributed by atoms with Crippen LogP contribution in [0.2, 0.25) is 0 Å². The van der Waals surface area contributed by atoms with Crippen LogP contribution in [0.3, 0.4) is 0 Å². The van der Waals surface area contributed by atoms with E-state index in [4.69, 9.17) is 9.47 Å². The quantitative estimate of drug-likeness (QED) is 0.684. The third kappa shape index (κ3) is 2.84. The maximum atomic E-state index is 12.0. The molecule has 5 nitrogen and oxygen atoms in total. The first-order valence-electron chi connectivity index (χ1n) is 7.42. The number of nitrogens with one attached hydrogen (secondary N) is 1. The molecule has 1 aromatic carbocycles. The number of allylic oxidation sites excluding steroid dienone is 1. The molecule has 116 valence electrons. The number of carbonyl (C=O) groups excluding carboxylic acids is 2. The number of carbonyl (C=O) groups is 2. The molecule has 3 rings (SSSR count). The first-order valence-corrected chi connectivity index (χ1v) is 7.42. The number of esters is 1. The van der Waals surface area contributed by atoms with E-state index in [0.717, 1.165) is 12.0 Å². The van der Waals surface area contributed by atoms with Crippen LogP contribution in [0.25, 0.3) is 0 Å². The Morgan fingerprint density at radius 3 is 2.64 bits per heavy atom. The van der Waals surface area contributed by atoms with Gasteiger partial charge in [-0.3, -0.25) is 4.79 Å². The van der Waals surface area contributed by atoms with Crippen LogP contribution < -0.4 is 5.32 Å². The average molecular weight is 301 g/mol. The molecule has 0 heterocycles. The van der Waals surface area contributed by atoms with Gasteiger partial charge in [-0.15, -0.1) is 0 Å². The van der Waals surface area contributed by atoms with Gasteiger partial charge in [0.2, 0.25) is 0 Å². The maximum absolute atomic E-state index is 12.0. The van der Waals surface area contributed by atoms with Crippen LogP contribution in [0.1, 0.15) is 12.0 Å². The summed E-state index contributed by atoms with van der Waals surface area (Å²) >= 11 is 0. The van der Waals surface area contributed by atoms with Crippen molar-refractivity contribution in [2.45, 2.75) is 19.1 Å². The Hall–Kier alpha value is -2.30. The highest BCUT2D eigenvalue weighted by atomic mass is 16.5. The van der Waals surface area contributed by atoms with Gasteiger partial charge in [-0.1, -0.05) is 42.5 Å². The SMILES string of the molecule is COC(=O)C1C(NC(=O)OCc2ccccc2)C2C=C[C@H]1C2. The third-order valence-corrected chi connectivity index (χ3v) is 4.43. The number of benzene rings is 1. The summed E-state index contributed by atoms with van der Waals surface area (Å²) in [6.45, 7) is 0.215. The molecule has 1 aromatic rings. The van der Waals surface area contributed by atoms with Crippen molar-refractivity contribution >= 4 is 12.1 Å². The summed E-state index contributed by atoms with van der Waals surface area (Å²) in [6, 6.07) is 9.24. The van der Waals surface area contributed by atoms with Gasteiger partial charge in [0, 0.05) is 0 Å². The lowest BCUT2D eigenvalue weighted by molar-refractivity contribution is -0.147. The van der Waals surface area contributed by atoms with Gasteiger partial charge < -0.3 is 14.8 Å². The zero-order chi connectivity index (χ0) is 15.5. The van der Waals surface area contributed by atoms with Crippen molar-refractivity contribution in [2.24, 2.45) is 17.8 Å². The fourth-order valence-corrected chi connectivity index (χ4v) is 3.38. The van der Waals surface area contributed by atoms with Crippen molar-refractivity contribution in [2.75, 3.05) is 7.11 Å². The van der Waals surface area contributed by atoms with Gasteiger partial charge in [-0.05, 0) is 23.8 Å². The molecule has 2 bridgehead atoms. The summed E-state index contributed by atoms with van der Waals surface area (Å²) in [5.41, 5.74) is 0.926. The Bertz CT molecular complexity index is 584. The molecule has 0 radical (unpaired) electrons. The van der Waals surface area contributed by atoms with E-state index >= 15 is 0 Å². The van der Waals surface area contributed by atoms with Gasteiger partial charge in [0.05, 0.1) is 19.1 Å². The van der Waals surface area contributed by atoms with E-state index in [-0.39, 0.29) is 36.4 Å². The van der Waals surface area contributed by atoms with Crippen LogP contribution >= 0.6 is 0 Å². The molecule has 1 amide bonds. The van der Waals surface area contributed by atoms with Crippen LogP contribution in [0.4, 0.5) is 4.79 Å². The molecule has 22 heavy (non-hydrogen) atoms. The fourth-order valence-electron chi connectivity index (χ4n) is 3.38. The monoisotopic (exact) mass is 301 g/mol. The molecule has 2 aliphatic rings. The first-order chi connectivity index (χ1) is 10.7. The highest BCUT2D eigenvalue weighted by molar-refractivity contribution is 5.77. The highest BCUT2D eigenvalue weighted by Crippen LogP contribution is 2.44. The Balaban J connectivity index is 1.58. The molecule has 1 N–H and O–H groups in total. The van der Waals surface area contributed by atoms with E-state index < -0.39 is 6.09 Å². The van der Waals surface area contributed by atoms with E-state index in [1.54, 1.807) is 0 Å². The van der Waals surface area contributed by atoms with E-state index in [0.29, 0.717) is 0 Å². The van der Waals surface area contributed by atoms with Crippen molar-refractivity contribution < 1.29 is 19.1 Å². The van der Waals surface area contributed by atoms with Gasteiger partial charge >= 0.3 is 12.1 Å². The van der Waals surface area contributed by atoms with Crippen LogP contribution in [-0.4, -0.2) is 25.2 Å². The smallest absolute Gasteiger partial charge is 0.407 e. The Morgan fingerprint density at radius 1 is 1.18 bits per heavy atom. The second kappa shape index (κ2) is 6.22. The molecule has 0 spiro atoms. The topological polar surface area (TPSA) is 64.6 Å². The number of rotatable bonds is 4. The molecule has 0 saturated heterocycles. The van der Waals surface area contributed by atoms with Gasteiger partial charge in [0.15, 0.2) is 0 Å². The number of fused-ring (bicyclic) bond motifs is 2. The minimum Gasteiger partial charge on any atom is -0.469 e. The van der Waals surface area contributed by atoms with Gasteiger partial charge in [-0.2, -0.15) is 0 Å². The molecular weight excluding hydrogens is 282 g/mol. The van der Waals surface area contributed by atoms with Crippen molar-refractivity contribution in [1.29, 1.82) is 0 Å². The van der Waals surface area contributed by atoms with Gasteiger partial charge in [0.25, 0.3) is 0 Å². The zero-order valence-electron chi connectivity index (χ0n) is 12.4. The van der Waals surface area contributed by atoms with Crippen LogP contribution in [0.15, 0.2) is 42.5 Å². The summed E-state index contributed by atoms with van der Waals surface area (Å²) in [5, 5.41) is 2.83. The van der Waals surface area contributed by atoms with Gasteiger partial charge in [0.1, 0.15) is 6.61 Å². The molecular formula is C17H19NO4. The minimum atomic E-state index is -0.497. The summed E-state index contributed by atoms with van der Waals surface area (Å²) in [5.74, 6) is -0.260. The van der Waals surface area contributed by atoms with Crippen molar-refractivity contribution in [3.8, 4) is 0 Å². The van der Waals surface area contributed by atoms with E-state index in [1.807, 2.05) is 36.4 Å². The number of amides is 1. The minimum absolute atomic E-state index is 0.150.